The van der Waals surface area contributed by atoms with E-state index in [0.717, 1.165) is 0 Å². The second kappa shape index (κ2) is 3.73. The average molecular weight is 239 g/mol. The van der Waals surface area contributed by atoms with Gasteiger partial charge in [0.1, 0.15) is 6.04 Å². The van der Waals surface area contributed by atoms with Crippen LogP contribution in [0.2, 0.25) is 0 Å². The molecule has 2 rings (SSSR count). The summed E-state index contributed by atoms with van der Waals surface area (Å²) in [4.78, 5) is 24.2. The molecule has 1 spiro atoms. The molecule has 0 aromatic heterocycles. The van der Waals surface area contributed by atoms with E-state index >= 15 is 0 Å². The normalized spacial score (nSPS) is 31.1. The van der Waals surface area contributed by atoms with E-state index in [1.54, 1.807) is 4.90 Å². The predicted molar refractivity (Wildman–Crippen MR) is 60.6 cm³/mol. The van der Waals surface area contributed by atoms with Gasteiger partial charge < -0.3 is 21.1 Å². The summed E-state index contributed by atoms with van der Waals surface area (Å²) in [7, 11) is 0. The lowest BCUT2D eigenvalue weighted by molar-refractivity contribution is -0.129. The van der Waals surface area contributed by atoms with Gasteiger partial charge in [-0.05, 0) is 13.3 Å². The zero-order valence-electron chi connectivity index (χ0n) is 9.77. The first-order valence-electron chi connectivity index (χ1n) is 5.62. The smallest absolute Gasteiger partial charge is 0.242 e. The monoisotopic (exact) mass is 239 g/mol. The van der Waals surface area contributed by atoms with Gasteiger partial charge in [-0.3, -0.25) is 9.59 Å². The zero-order chi connectivity index (χ0) is 12.8. The Kier molecular flexibility index (Phi) is 2.61. The summed E-state index contributed by atoms with van der Waals surface area (Å²) in [6.45, 7) is 5.89. The van der Waals surface area contributed by atoms with Gasteiger partial charge in [0.2, 0.25) is 11.8 Å². The largest absolute Gasteiger partial charge is 0.391 e. The SMILES string of the molecule is C=C1N([C@H](C(N)=O)[C@@H](C)O)CC12CCC(=O)N2. The van der Waals surface area contributed by atoms with Gasteiger partial charge in [0.05, 0.1) is 11.6 Å². The highest BCUT2D eigenvalue weighted by Crippen LogP contribution is 2.40. The Morgan fingerprint density at radius 1 is 1.71 bits per heavy atom. The molecule has 2 fully saturated rings. The molecule has 6 nitrogen and oxygen atoms in total. The highest BCUT2D eigenvalue weighted by molar-refractivity contribution is 5.83. The molecule has 2 amide bonds. The maximum atomic E-state index is 11.3. The number of amides is 2. The number of nitrogens with two attached hydrogens (primary N) is 1. The molecule has 2 heterocycles. The molecule has 2 aliphatic rings. The van der Waals surface area contributed by atoms with Crippen LogP contribution in [0.4, 0.5) is 0 Å². The first kappa shape index (κ1) is 11.9. The number of hydrogen-bond donors (Lipinski definition) is 3. The van der Waals surface area contributed by atoms with E-state index in [0.29, 0.717) is 25.1 Å². The summed E-state index contributed by atoms with van der Waals surface area (Å²) >= 11 is 0. The fraction of sp³-hybridized carbons (Fsp3) is 0.636. The number of hydrogen-bond acceptors (Lipinski definition) is 4. The Morgan fingerprint density at radius 2 is 2.35 bits per heavy atom. The zero-order valence-corrected chi connectivity index (χ0v) is 9.77. The number of nitrogens with one attached hydrogen (secondary N) is 1. The summed E-state index contributed by atoms with van der Waals surface area (Å²) in [6.07, 6.45) is 0.300. The van der Waals surface area contributed by atoms with Gasteiger partial charge >= 0.3 is 0 Å². The molecule has 0 aromatic rings. The first-order valence-corrected chi connectivity index (χ1v) is 5.62. The van der Waals surface area contributed by atoms with Crippen LogP contribution in [0.25, 0.3) is 0 Å². The molecule has 1 unspecified atom stereocenters. The van der Waals surface area contributed by atoms with E-state index < -0.39 is 23.6 Å². The van der Waals surface area contributed by atoms with E-state index in [-0.39, 0.29) is 5.91 Å². The molecule has 0 aliphatic carbocycles. The number of carbonyl (C=O) groups is 2. The summed E-state index contributed by atoms with van der Waals surface area (Å²) in [5.41, 5.74) is 5.50. The second-order valence-corrected chi connectivity index (χ2v) is 4.79. The second-order valence-electron chi connectivity index (χ2n) is 4.79. The molecule has 0 radical (unpaired) electrons. The highest BCUT2D eigenvalue weighted by Gasteiger charge is 2.54. The quantitative estimate of drug-likeness (QED) is 0.570. The average Bonchev–Trinajstić information content (AvgIpc) is 2.61. The van der Waals surface area contributed by atoms with Crippen LogP contribution < -0.4 is 11.1 Å². The molecule has 0 saturated carbocycles. The maximum Gasteiger partial charge on any atom is 0.242 e. The Balaban J connectivity index is 2.11. The van der Waals surface area contributed by atoms with Crippen LogP contribution in [0.3, 0.4) is 0 Å². The van der Waals surface area contributed by atoms with Gasteiger partial charge in [-0.15, -0.1) is 0 Å². The van der Waals surface area contributed by atoms with Crippen molar-refractivity contribution >= 4 is 11.8 Å². The Hall–Kier alpha value is -1.56. The highest BCUT2D eigenvalue weighted by atomic mass is 16.3. The van der Waals surface area contributed by atoms with Crippen molar-refractivity contribution in [2.24, 2.45) is 5.73 Å². The fourth-order valence-electron chi connectivity index (χ4n) is 2.63. The van der Waals surface area contributed by atoms with Crippen LogP contribution in [0.1, 0.15) is 19.8 Å². The molecular weight excluding hydrogens is 222 g/mol. The van der Waals surface area contributed by atoms with Gasteiger partial charge in [-0.2, -0.15) is 0 Å². The third-order valence-electron chi connectivity index (χ3n) is 3.58. The summed E-state index contributed by atoms with van der Waals surface area (Å²) in [5, 5.41) is 12.4. The minimum atomic E-state index is -0.862. The Morgan fingerprint density at radius 3 is 2.71 bits per heavy atom. The lowest BCUT2D eigenvalue weighted by Crippen LogP contribution is -2.70. The van der Waals surface area contributed by atoms with Crippen molar-refractivity contribution in [3.05, 3.63) is 12.3 Å². The third-order valence-corrected chi connectivity index (χ3v) is 3.58. The fourth-order valence-corrected chi connectivity index (χ4v) is 2.63. The molecular formula is C11H17N3O3. The standard InChI is InChI=1S/C11H17N3O3/c1-6(15)9(10(12)17)14-5-11(7(14)2)4-3-8(16)13-11/h6,9,15H,2-5H2,1H3,(H2,12,17)(H,13,16)/t6-,9+,11?/m1/s1. The van der Waals surface area contributed by atoms with Crippen LogP contribution in [-0.4, -0.2) is 46.1 Å². The van der Waals surface area contributed by atoms with E-state index in [2.05, 4.69) is 11.9 Å². The number of likely N-dealkylation sites (tertiary alicyclic amines) is 1. The maximum absolute atomic E-state index is 11.3. The predicted octanol–water partition coefficient (Wildman–Crippen LogP) is -1.30. The topological polar surface area (TPSA) is 95.7 Å². The molecule has 4 N–H and O–H groups in total. The van der Waals surface area contributed by atoms with Gasteiger partial charge in [0.25, 0.3) is 0 Å². The number of primary amides is 1. The number of rotatable bonds is 3. The number of aliphatic hydroxyl groups excluding tert-OH is 1. The Labute approximate surface area is 99.5 Å². The van der Waals surface area contributed by atoms with Gasteiger partial charge in [0, 0.05) is 18.7 Å². The van der Waals surface area contributed by atoms with Crippen molar-refractivity contribution in [3.63, 3.8) is 0 Å². The molecule has 17 heavy (non-hydrogen) atoms. The molecule has 94 valence electrons. The lowest BCUT2D eigenvalue weighted by atomic mass is 9.82. The molecule has 6 heteroatoms. The first-order chi connectivity index (χ1) is 7.87. The molecule has 2 aliphatic heterocycles. The van der Waals surface area contributed by atoms with E-state index in [9.17, 15) is 14.7 Å². The summed E-state index contributed by atoms with van der Waals surface area (Å²) in [5.74, 6) is -0.584. The minimum Gasteiger partial charge on any atom is -0.391 e. The van der Waals surface area contributed by atoms with Gasteiger partial charge in [-0.25, -0.2) is 0 Å². The van der Waals surface area contributed by atoms with Crippen LogP contribution >= 0.6 is 0 Å². The summed E-state index contributed by atoms with van der Waals surface area (Å²) in [6, 6.07) is -0.773. The van der Waals surface area contributed by atoms with E-state index in [1.165, 1.54) is 6.92 Å². The van der Waals surface area contributed by atoms with Gasteiger partial charge in [-0.1, -0.05) is 6.58 Å². The van der Waals surface area contributed by atoms with Gasteiger partial charge in [0.15, 0.2) is 0 Å². The van der Waals surface area contributed by atoms with Crippen molar-refractivity contribution in [2.75, 3.05) is 6.54 Å². The van der Waals surface area contributed by atoms with Crippen molar-refractivity contribution in [1.82, 2.24) is 10.2 Å². The third kappa shape index (κ3) is 1.68. The number of aliphatic hydroxyl groups is 1. The summed E-state index contributed by atoms with van der Waals surface area (Å²) < 4.78 is 0. The van der Waals surface area contributed by atoms with Crippen LogP contribution in [-0.2, 0) is 9.59 Å². The van der Waals surface area contributed by atoms with Crippen LogP contribution in [0.15, 0.2) is 12.3 Å². The van der Waals surface area contributed by atoms with Crippen LogP contribution in [0.5, 0.6) is 0 Å². The van der Waals surface area contributed by atoms with Crippen molar-refractivity contribution in [1.29, 1.82) is 0 Å². The van der Waals surface area contributed by atoms with Crippen molar-refractivity contribution < 1.29 is 14.7 Å². The molecule has 0 aromatic carbocycles. The molecule has 3 atom stereocenters. The van der Waals surface area contributed by atoms with Crippen LogP contribution in [0, 0.1) is 0 Å². The molecule has 2 saturated heterocycles. The number of carbonyl (C=O) groups excluding carboxylic acids is 2. The molecule has 0 bridgehead atoms. The number of nitrogens with zero attached hydrogens (tertiary/aromatic N) is 1. The van der Waals surface area contributed by atoms with Crippen molar-refractivity contribution in [2.45, 2.75) is 37.5 Å². The van der Waals surface area contributed by atoms with E-state index in [1.807, 2.05) is 0 Å². The van der Waals surface area contributed by atoms with E-state index in [4.69, 9.17) is 5.73 Å². The lowest BCUT2D eigenvalue weighted by Gasteiger charge is -2.54. The minimum absolute atomic E-state index is 0.00141. The Bertz CT molecular complexity index is 393. The van der Waals surface area contributed by atoms with Crippen molar-refractivity contribution in [3.8, 4) is 0 Å².